The molecule has 164 valence electrons. The Balaban J connectivity index is 1.50. The number of piperidine rings is 1. The molecule has 0 atom stereocenters. The van der Waals surface area contributed by atoms with Gasteiger partial charge in [-0.2, -0.15) is 0 Å². The van der Waals surface area contributed by atoms with Gasteiger partial charge in [0.15, 0.2) is 0 Å². The Kier molecular flexibility index (Phi) is 6.63. The molecule has 4 rings (SSSR count). The number of ether oxygens (including phenoxy) is 1. The van der Waals surface area contributed by atoms with Gasteiger partial charge in [0.2, 0.25) is 0 Å². The minimum Gasteiger partial charge on any atom is -0.385 e. The molecule has 2 aliphatic heterocycles. The minimum atomic E-state index is -0.750. The van der Waals surface area contributed by atoms with Crippen LogP contribution in [0.15, 0.2) is 54.7 Å². The van der Waals surface area contributed by atoms with Crippen LogP contribution in [0.3, 0.4) is 0 Å². The van der Waals surface area contributed by atoms with Gasteiger partial charge in [-0.15, -0.1) is 0 Å². The Labute approximate surface area is 183 Å². The van der Waals surface area contributed by atoms with Crippen LogP contribution < -0.4 is 0 Å². The van der Waals surface area contributed by atoms with E-state index in [-0.39, 0.29) is 11.9 Å². The number of rotatable bonds is 8. The summed E-state index contributed by atoms with van der Waals surface area (Å²) in [6, 6.07) is 15.5. The second-order valence-corrected chi connectivity index (χ2v) is 8.29. The number of hydrogen-bond donors (Lipinski definition) is 0. The number of benzene rings is 1. The number of amides is 3. The Morgan fingerprint density at radius 2 is 1.74 bits per heavy atom. The summed E-state index contributed by atoms with van der Waals surface area (Å²) in [6.07, 6.45) is 3.80. The van der Waals surface area contributed by atoms with E-state index in [9.17, 15) is 9.59 Å². The number of pyridine rings is 1. The summed E-state index contributed by atoms with van der Waals surface area (Å²) >= 11 is 0. The van der Waals surface area contributed by atoms with Crippen LogP contribution in [0, 0.1) is 0 Å². The molecule has 2 fully saturated rings. The number of likely N-dealkylation sites (tertiary alicyclic amines) is 1. The summed E-state index contributed by atoms with van der Waals surface area (Å²) in [6.45, 7) is 3.70. The van der Waals surface area contributed by atoms with Gasteiger partial charge in [0.1, 0.15) is 5.54 Å². The van der Waals surface area contributed by atoms with Crippen LogP contribution in [0.2, 0.25) is 0 Å². The molecule has 31 heavy (non-hydrogen) atoms. The highest BCUT2D eigenvalue weighted by atomic mass is 16.5. The Morgan fingerprint density at radius 3 is 2.42 bits per heavy atom. The number of methoxy groups -OCH3 is 1. The van der Waals surface area contributed by atoms with Crippen molar-refractivity contribution >= 4 is 11.9 Å². The van der Waals surface area contributed by atoms with Gasteiger partial charge in [-0.05, 0) is 37.0 Å². The monoisotopic (exact) mass is 422 g/mol. The lowest BCUT2D eigenvalue weighted by Gasteiger charge is -2.42. The van der Waals surface area contributed by atoms with Crippen molar-refractivity contribution in [2.24, 2.45) is 0 Å². The number of carbonyl (C=O) groups is 2. The van der Waals surface area contributed by atoms with Crippen molar-refractivity contribution in [2.75, 3.05) is 33.4 Å². The van der Waals surface area contributed by atoms with Crippen LogP contribution in [-0.4, -0.2) is 70.5 Å². The van der Waals surface area contributed by atoms with E-state index in [1.165, 1.54) is 4.90 Å². The first-order chi connectivity index (χ1) is 15.1. The van der Waals surface area contributed by atoms with Gasteiger partial charge in [0, 0.05) is 46.1 Å². The molecule has 0 radical (unpaired) electrons. The fraction of sp³-hybridized carbons (Fsp3) is 0.458. The zero-order valence-electron chi connectivity index (χ0n) is 18.1. The second kappa shape index (κ2) is 9.58. The molecule has 7 nitrogen and oxygen atoms in total. The number of nitrogens with zero attached hydrogens (tertiary/aromatic N) is 4. The lowest BCUT2D eigenvalue weighted by atomic mass is 9.85. The van der Waals surface area contributed by atoms with E-state index in [4.69, 9.17) is 4.74 Å². The van der Waals surface area contributed by atoms with E-state index in [2.05, 4.69) is 9.88 Å². The first-order valence-corrected chi connectivity index (χ1v) is 10.9. The number of hydrogen-bond acceptors (Lipinski definition) is 5. The van der Waals surface area contributed by atoms with Gasteiger partial charge in [-0.1, -0.05) is 36.4 Å². The Bertz CT molecular complexity index is 882. The van der Waals surface area contributed by atoms with Crippen LogP contribution in [0.25, 0.3) is 0 Å². The third-order valence-electron chi connectivity index (χ3n) is 6.33. The smallest absolute Gasteiger partial charge is 0.327 e. The van der Waals surface area contributed by atoms with Crippen molar-refractivity contribution in [2.45, 2.75) is 37.9 Å². The molecule has 1 spiro atoms. The number of urea groups is 1. The Hall–Kier alpha value is -2.77. The molecule has 0 saturated carbocycles. The van der Waals surface area contributed by atoms with Gasteiger partial charge in [-0.3, -0.25) is 19.6 Å². The van der Waals surface area contributed by atoms with Crippen molar-refractivity contribution in [3.05, 3.63) is 66.0 Å². The van der Waals surface area contributed by atoms with E-state index in [0.717, 1.165) is 30.9 Å². The SMILES string of the molecule is COCCCN1C(=O)N(Cc2ccccc2)C(=O)C12CCN(Cc1ccccn1)CC2. The average molecular weight is 423 g/mol. The van der Waals surface area contributed by atoms with Crippen molar-refractivity contribution in [1.82, 2.24) is 19.7 Å². The molecule has 0 N–H and O–H groups in total. The molecule has 2 aromatic rings. The molecule has 0 bridgehead atoms. The predicted octanol–water partition coefficient (Wildman–Crippen LogP) is 2.92. The number of carbonyl (C=O) groups excluding carboxylic acids is 2. The topological polar surface area (TPSA) is 66.0 Å². The summed E-state index contributed by atoms with van der Waals surface area (Å²) in [5.41, 5.74) is 1.24. The van der Waals surface area contributed by atoms with Gasteiger partial charge in [0.25, 0.3) is 5.91 Å². The molecular weight excluding hydrogens is 392 g/mol. The first kappa shape index (κ1) is 21.5. The van der Waals surface area contributed by atoms with E-state index < -0.39 is 5.54 Å². The van der Waals surface area contributed by atoms with Crippen molar-refractivity contribution in [3.8, 4) is 0 Å². The largest absolute Gasteiger partial charge is 0.385 e. The van der Waals surface area contributed by atoms with Crippen molar-refractivity contribution in [3.63, 3.8) is 0 Å². The summed E-state index contributed by atoms with van der Waals surface area (Å²) in [4.78, 5) is 36.9. The predicted molar refractivity (Wildman–Crippen MR) is 117 cm³/mol. The highest BCUT2D eigenvalue weighted by Gasteiger charge is 2.57. The molecule has 3 amide bonds. The highest BCUT2D eigenvalue weighted by Crippen LogP contribution is 2.38. The summed E-state index contributed by atoms with van der Waals surface area (Å²) in [7, 11) is 1.66. The maximum absolute atomic E-state index is 13.6. The molecule has 1 aromatic heterocycles. The van der Waals surface area contributed by atoms with Crippen LogP contribution >= 0.6 is 0 Å². The van der Waals surface area contributed by atoms with Gasteiger partial charge < -0.3 is 9.64 Å². The van der Waals surface area contributed by atoms with Crippen LogP contribution in [0.1, 0.15) is 30.5 Å². The normalized spacial score (nSPS) is 18.9. The molecule has 1 aromatic carbocycles. The fourth-order valence-corrected chi connectivity index (χ4v) is 4.65. The Morgan fingerprint density at radius 1 is 1.00 bits per heavy atom. The lowest BCUT2D eigenvalue weighted by molar-refractivity contribution is -0.136. The highest BCUT2D eigenvalue weighted by molar-refractivity contribution is 6.07. The molecule has 0 aliphatic carbocycles. The third-order valence-corrected chi connectivity index (χ3v) is 6.33. The first-order valence-electron chi connectivity index (χ1n) is 10.9. The van der Waals surface area contributed by atoms with Crippen molar-refractivity contribution in [1.29, 1.82) is 0 Å². The number of aromatic nitrogens is 1. The maximum Gasteiger partial charge on any atom is 0.327 e. The molecule has 7 heteroatoms. The van der Waals surface area contributed by atoms with E-state index in [0.29, 0.717) is 39.0 Å². The minimum absolute atomic E-state index is 0.0590. The fourth-order valence-electron chi connectivity index (χ4n) is 4.65. The molecular formula is C24H30N4O3. The van der Waals surface area contributed by atoms with Gasteiger partial charge in [0.05, 0.1) is 12.2 Å². The maximum atomic E-state index is 13.6. The van der Waals surface area contributed by atoms with E-state index in [1.54, 1.807) is 13.3 Å². The quantitative estimate of drug-likeness (QED) is 0.483. The molecule has 0 unspecified atom stereocenters. The third kappa shape index (κ3) is 4.48. The molecule has 3 heterocycles. The lowest BCUT2D eigenvalue weighted by Crippen LogP contribution is -2.56. The molecule has 2 saturated heterocycles. The average Bonchev–Trinajstić information content (AvgIpc) is 2.99. The van der Waals surface area contributed by atoms with E-state index in [1.807, 2.05) is 53.4 Å². The summed E-state index contributed by atoms with van der Waals surface area (Å²) in [5.74, 6) is -0.0590. The zero-order valence-corrected chi connectivity index (χ0v) is 18.1. The standard InChI is InChI=1S/C24H30N4O3/c1-31-17-7-14-28-23(30)27(18-20-8-3-2-4-9-20)22(29)24(28)11-15-26(16-12-24)19-21-10-5-6-13-25-21/h2-6,8-10,13H,7,11-12,14-19H2,1H3. The number of imide groups is 1. The van der Waals surface area contributed by atoms with Gasteiger partial charge >= 0.3 is 6.03 Å². The van der Waals surface area contributed by atoms with Gasteiger partial charge in [-0.25, -0.2) is 4.79 Å². The zero-order chi connectivity index (χ0) is 21.7. The summed E-state index contributed by atoms with van der Waals surface area (Å²) < 4.78 is 5.19. The van der Waals surface area contributed by atoms with E-state index >= 15 is 0 Å². The van der Waals surface area contributed by atoms with Crippen molar-refractivity contribution < 1.29 is 14.3 Å². The summed E-state index contributed by atoms with van der Waals surface area (Å²) in [5, 5.41) is 0. The van der Waals surface area contributed by atoms with Crippen LogP contribution in [0.4, 0.5) is 4.79 Å². The molecule has 2 aliphatic rings. The van der Waals surface area contributed by atoms with Crippen LogP contribution in [0.5, 0.6) is 0 Å². The second-order valence-electron chi connectivity index (χ2n) is 8.29. The van der Waals surface area contributed by atoms with Crippen LogP contribution in [-0.2, 0) is 22.6 Å².